The van der Waals surface area contributed by atoms with Crippen LogP contribution >= 0.6 is 0 Å². The summed E-state index contributed by atoms with van der Waals surface area (Å²) in [4.78, 5) is 32.1. The molecule has 0 spiro atoms. The highest BCUT2D eigenvalue weighted by molar-refractivity contribution is 6.08. The lowest BCUT2D eigenvalue weighted by Gasteiger charge is -2.10. The minimum Gasteiger partial charge on any atom is -0.465 e. The summed E-state index contributed by atoms with van der Waals surface area (Å²) in [6.45, 7) is 0. The van der Waals surface area contributed by atoms with Gasteiger partial charge in [0.15, 0.2) is 0 Å². The van der Waals surface area contributed by atoms with E-state index in [4.69, 9.17) is 4.74 Å². The normalized spacial score (nSPS) is 13.7. The summed E-state index contributed by atoms with van der Waals surface area (Å²) in [5.41, 5.74) is 0.334. The van der Waals surface area contributed by atoms with Gasteiger partial charge in [-0.05, 0) is 18.9 Å². The van der Waals surface area contributed by atoms with E-state index < -0.39 is 5.97 Å². The maximum atomic E-state index is 11.9. The van der Waals surface area contributed by atoms with Gasteiger partial charge in [0.05, 0.1) is 12.7 Å². The monoisotopic (exact) mass is 300 g/mol. The maximum absolute atomic E-state index is 11.9. The van der Waals surface area contributed by atoms with Gasteiger partial charge in [-0.1, -0.05) is 0 Å². The number of amides is 1. The molecule has 1 aliphatic rings. The van der Waals surface area contributed by atoms with Gasteiger partial charge in [-0.3, -0.25) is 4.79 Å². The van der Waals surface area contributed by atoms with Crippen LogP contribution < -0.4 is 10.6 Å². The average Bonchev–Trinajstić information content (AvgIpc) is 3.37. The van der Waals surface area contributed by atoms with Gasteiger partial charge in [-0.15, -0.1) is 0 Å². The van der Waals surface area contributed by atoms with Crippen molar-refractivity contribution in [3.05, 3.63) is 24.0 Å². The molecule has 2 heterocycles. The topological polar surface area (TPSA) is 93.2 Å². The Balaban J connectivity index is 2.06. The Morgan fingerprint density at radius 1 is 1.23 bits per heavy atom. The van der Waals surface area contributed by atoms with E-state index in [-0.39, 0.29) is 11.8 Å². The molecule has 2 N–H and O–H groups in total. The molecule has 22 heavy (non-hydrogen) atoms. The number of anilines is 2. The number of hydrogen-bond acceptors (Lipinski definition) is 6. The number of carbonyl (C=O) groups is 2. The summed E-state index contributed by atoms with van der Waals surface area (Å²) in [5, 5.41) is 7.05. The van der Waals surface area contributed by atoms with E-state index in [2.05, 4.69) is 20.6 Å². The SMILES string of the molecule is CNc1ncc(C(=O)OC)c2cc(NC(=O)C3CC3)ncc12. The van der Waals surface area contributed by atoms with E-state index in [1.165, 1.54) is 13.3 Å². The lowest BCUT2D eigenvalue weighted by Crippen LogP contribution is -2.14. The third kappa shape index (κ3) is 2.57. The molecule has 1 saturated carbocycles. The molecule has 7 heteroatoms. The van der Waals surface area contributed by atoms with Crippen LogP contribution in [0.4, 0.5) is 11.6 Å². The smallest absolute Gasteiger partial charge is 0.340 e. The Kier molecular flexibility index (Phi) is 3.62. The van der Waals surface area contributed by atoms with Crippen LogP contribution in [0.2, 0.25) is 0 Å². The fraction of sp³-hybridized carbons (Fsp3) is 0.333. The highest BCUT2D eigenvalue weighted by atomic mass is 16.5. The number of aromatic nitrogens is 2. The Morgan fingerprint density at radius 3 is 2.64 bits per heavy atom. The molecular formula is C15H16N4O3. The first-order valence-corrected chi connectivity index (χ1v) is 6.99. The van der Waals surface area contributed by atoms with Crippen molar-refractivity contribution in [1.82, 2.24) is 9.97 Å². The van der Waals surface area contributed by atoms with E-state index in [9.17, 15) is 9.59 Å². The number of nitrogens with one attached hydrogen (secondary N) is 2. The molecule has 2 aromatic heterocycles. The predicted octanol–water partition coefficient (Wildman–Crippen LogP) is 1.81. The van der Waals surface area contributed by atoms with Crippen molar-refractivity contribution in [3.63, 3.8) is 0 Å². The van der Waals surface area contributed by atoms with Crippen LogP contribution in [-0.4, -0.2) is 36.0 Å². The quantitative estimate of drug-likeness (QED) is 0.836. The van der Waals surface area contributed by atoms with Crippen molar-refractivity contribution in [2.24, 2.45) is 5.92 Å². The van der Waals surface area contributed by atoms with Crippen molar-refractivity contribution < 1.29 is 14.3 Å². The van der Waals surface area contributed by atoms with E-state index >= 15 is 0 Å². The van der Waals surface area contributed by atoms with Crippen LogP contribution in [-0.2, 0) is 9.53 Å². The zero-order valence-corrected chi connectivity index (χ0v) is 12.3. The molecule has 0 aromatic carbocycles. The molecule has 0 aliphatic heterocycles. The molecule has 114 valence electrons. The summed E-state index contributed by atoms with van der Waals surface area (Å²) < 4.78 is 4.78. The number of ether oxygens (including phenoxy) is 1. The Bertz CT molecular complexity index is 756. The van der Waals surface area contributed by atoms with Gasteiger partial charge in [-0.2, -0.15) is 0 Å². The van der Waals surface area contributed by atoms with Gasteiger partial charge in [0.1, 0.15) is 11.6 Å². The van der Waals surface area contributed by atoms with Crippen molar-refractivity contribution in [1.29, 1.82) is 0 Å². The summed E-state index contributed by atoms with van der Waals surface area (Å²) in [6.07, 6.45) is 4.87. The van der Waals surface area contributed by atoms with Crippen molar-refractivity contribution in [2.45, 2.75) is 12.8 Å². The number of carbonyl (C=O) groups excluding carboxylic acids is 2. The number of rotatable bonds is 4. The van der Waals surface area contributed by atoms with Gasteiger partial charge >= 0.3 is 5.97 Å². The zero-order chi connectivity index (χ0) is 15.7. The van der Waals surface area contributed by atoms with Crippen LogP contribution in [0, 0.1) is 5.92 Å². The van der Waals surface area contributed by atoms with Crippen LogP contribution in [0.1, 0.15) is 23.2 Å². The minimum absolute atomic E-state index is 0.0330. The van der Waals surface area contributed by atoms with Gasteiger partial charge in [0.25, 0.3) is 0 Å². The molecule has 0 atom stereocenters. The summed E-state index contributed by atoms with van der Waals surface area (Å²) >= 11 is 0. The lowest BCUT2D eigenvalue weighted by atomic mass is 10.1. The first-order valence-electron chi connectivity index (χ1n) is 6.99. The van der Waals surface area contributed by atoms with E-state index in [0.29, 0.717) is 28.0 Å². The van der Waals surface area contributed by atoms with E-state index in [1.54, 1.807) is 19.3 Å². The summed E-state index contributed by atoms with van der Waals surface area (Å²) in [7, 11) is 3.06. The molecule has 1 amide bonds. The largest absolute Gasteiger partial charge is 0.465 e. The lowest BCUT2D eigenvalue weighted by molar-refractivity contribution is -0.117. The average molecular weight is 300 g/mol. The van der Waals surface area contributed by atoms with Crippen molar-refractivity contribution in [3.8, 4) is 0 Å². The fourth-order valence-corrected chi connectivity index (χ4v) is 2.25. The predicted molar refractivity (Wildman–Crippen MR) is 81.8 cm³/mol. The summed E-state index contributed by atoms with van der Waals surface area (Å²) in [5.74, 6) is 0.598. The minimum atomic E-state index is -0.481. The van der Waals surface area contributed by atoms with Crippen LogP contribution in [0.5, 0.6) is 0 Å². The molecule has 0 saturated heterocycles. The second-order valence-electron chi connectivity index (χ2n) is 5.14. The first kappa shape index (κ1) is 14.2. The highest BCUT2D eigenvalue weighted by Gasteiger charge is 2.29. The maximum Gasteiger partial charge on any atom is 0.340 e. The Hall–Kier alpha value is -2.70. The number of pyridine rings is 2. The number of fused-ring (bicyclic) bond motifs is 1. The number of nitrogens with zero attached hydrogens (tertiary/aromatic N) is 2. The van der Waals surface area contributed by atoms with Gasteiger partial charge in [-0.25, -0.2) is 14.8 Å². The zero-order valence-electron chi connectivity index (χ0n) is 12.3. The molecule has 0 unspecified atom stereocenters. The van der Waals surface area contributed by atoms with Crippen LogP contribution in [0.3, 0.4) is 0 Å². The molecule has 0 radical (unpaired) electrons. The molecular weight excluding hydrogens is 284 g/mol. The second kappa shape index (κ2) is 5.59. The Labute approximate surface area is 127 Å². The third-order valence-electron chi connectivity index (χ3n) is 3.61. The molecule has 3 rings (SSSR count). The first-order chi connectivity index (χ1) is 10.6. The van der Waals surface area contributed by atoms with Crippen LogP contribution in [0.15, 0.2) is 18.5 Å². The van der Waals surface area contributed by atoms with Crippen LogP contribution in [0.25, 0.3) is 10.8 Å². The van der Waals surface area contributed by atoms with E-state index in [1.807, 2.05) is 0 Å². The number of methoxy groups -OCH3 is 1. The van der Waals surface area contributed by atoms with E-state index in [0.717, 1.165) is 12.8 Å². The number of esters is 1. The molecule has 1 aliphatic carbocycles. The van der Waals surface area contributed by atoms with Gasteiger partial charge in [0.2, 0.25) is 5.91 Å². The molecule has 2 aromatic rings. The number of hydrogen-bond donors (Lipinski definition) is 2. The third-order valence-corrected chi connectivity index (χ3v) is 3.61. The van der Waals surface area contributed by atoms with Crippen molar-refractivity contribution in [2.75, 3.05) is 24.8 Å². The Morgan fingerprint density at radius 2 is 2.00 bits per heavy atom. The molecule has 7 nitrogen and oxygen atoms in total. The van der Waals surface area contributed by atoms with Gasteiger partial charge < -0.3 is 15.4 Å². The second-order valence-corrected chi connectivity index (χ2v) is 5.14. The fourth-order valence-electron chi connectivity index (χ4n) is 2.25. The molecule has 1 fully saturated rings. The molecule has 0 bridgehead atoms. The standard InChI is InChI=1S/C15H16N4O3/c1-16-13-10-6-17-12(19-14(20)8-3-4-8)5-9(10)11(7-18-13)15(21)22-2/h5-8H,3-4H2,1-2H3,(H,16,18)(H,17,19,20). The highest BCUT2D eigenvalue weighted by Crippen LogP contribution is 2.31. The van der Waals surface area contributed by atoms with Crippen molar-refractivity contribution >= 4 is 34.3 Å². The van der Waals surface area contributed by atoms with Gasteiger partial charge in [0, 0.05) is 36.1 Å². The summed E-state index contributed by atoms with van der Waals surface area (Å²) in [6, 6.07) is 1.67.